The van der Waals surface area contributed by atoms with Crippen LogP contribution < -0.4 is 62.0 Å². The highest BCUT2D eigenvalue weighted by Gasteiger charge is 2.34. The Morgan fingerprint density at radius 2 is 0.726 bits per heavy atom. The predicted octanol–water partition coefficient (Wildman–Crippen LogP) is 20.7. The van der Waals surface area contributed by atoms with Crippen molar-refractivity contribution in [3.8, 4) is 5.75 Å². The number of aryl methyl sites for hydroxylation is 8. The third-order valence-corrected chi connectivity index (χ3v) is 23.0. The van der Waals surface area contributed by atoms with Gasteiger partial charge in [0.05, 0.1) is 10.6 Å². The summed E-state index contributed by atoms with van der Waals surface area (Å²) in [6.45, 7) is 35.1. The Hall–Kier alpha value is -12.1. The standard InChI is InChI=1S/C24H25ClF3N5O.2C24H30N6.C23H27ClN6/c1-16-15-29-23(32-22(16)30-18-6-9-21(25)20(14-18)24(26,27)28)31-17-4-7-19(8-5-17)34-13-12-33-10-2-3-11-33;1-17-5-6-21(15-18(17)2)26-23-19(3)16-25-24(28-23)27-20-7-9-22(10-8-20)30-13-11-29(4)12-14-30;1-17-6-5-7-22(19(17)3)27-23-18(2)16-25-24(28-23)26-20-8-10-21(11-9-20)30-14-12-29(4)13-15-30;1-16-14-18(24)4-9-21(16)27-22-17(2)15-25-23(28-22)26-19-5-7-20(8-6-19)30-12-10-29(3)11-13-30/h4-9,14-15H,2-3,10-13H2,1H3,(H2,29,30,31,32);5-10,15-16H,11-14H2,1-4H3,(H2,25,26,27,28);5-11,16H,12-15H2,1-4H3,(H2,25,26,27,28);4-9,14-15H,10-13H2,1-3H3,(H2,25,26,27,28). The van der Waals surface area contributed by atoms with Crippen molar-refractivity contribution in [2.45, 2.75) is 81.3 Å². The number of anilines is 19. The molecule has 0 amide bonds. The molecule has 12 aromatic rings. The molecule has 8 N–H and O–H groups in total. The lowest BCUT2D eigenvalue weighted by Crippen LogP contribution is -2.44. The molecule has 4 aliphatic rings. The van der Waals surface area contributed by atoms with E-state index in [1.807, 2.05) is 88.8 Å². The maximum Gasteiger partial charge on any atom is 0.417 e. The van der Waals surface area contributed by atoms with Gasteiger partial charge in [-0.25, -0.2) is 19.9 Å². The summed E-state index contributed by atoms with van der Waals surface area (Å²) in [7, 11) is 6.52. The first kappa shape index (κ1) is 89.6. The first-order chi connectivity index (χ1) is 59.7. The minimum Gasteiger partial charge on any atom is -0.492 e. The van der Waals surface area contributed by atoms with Gasteiger partial charge in [0.2, 0.25) is 23.8 Å². The summed E-state index contributed by atoms with van der Waals surface area (Å²) >= 11 is 11.8. The molecule has 4 aliphatic heterocycles. The molecule has 0 atom stereocenters. The fraction of sp³-hybridized carbons (Fsp3) is 0.326. The molecule has 0 radical (unpaired) electrons. The van der Waals surface area contributed by atoms with Crippen molar-refractivity contribution in [2.24, 2.45) is 0 Å². The van der Waals surface area contributed by atoms with Gasteiger partial charge in [-0.2, -0.15) is 33.1 Å². The van der Waals surface area contributed by atoms with Gasteiger partial charge in [0, 0.05) is 200 Å². The Bertz CT molecular complexity index is 5510. The quantitative estimate of drug-likeness (QED) is 0.0297. The van der Waals surface area contributed by atoms with Crippen molar-refractivity contribution in [2.75, 3.05) is 183 Å². The molecular weight excluding hydrogens is 1610 g/mol. The van der Waals surface area contributed by atoms with E-state index in [2.05, 4.69) is 270 Å². The van der Waals surface area contributed by atoms with E-state index >= 15 is 0 Å². The first-order valence-corrected chi connectivity index (χ1v) is 42.8. The van der Waals surface area contributed by atoms with E-state index in [-0.39, 0.29) is 10.7 Å². The molecule has 8 heterocycles. The van der Waals surface area contributed by atoms with E-state index in [1.54, 1.807) is 13.1 Å². The largest absolute Gasteiger partial charge is 0.492 e. The molecule has 4 saturated heterocycles. The fourth-order valence-electron chi connectivity index (χ4n) is 14.2. The fourth-order valence-corrected chi connectivity index (χ4v) is 14.7. The van der Waals surface area contributed by atoms with E-state index in [0.29, 0.717) is 41.8 Å². The Morgan fingerprint density at radius 1 is 0.347 bits per heavy atom. The molecule has 648 valence electrons. The summed E-state index contributed by atoms with van der Waals surface area (Å²) in [5.74, 6) is 5.59. The summed E-state index contributed by atoms with van der Waals surface area (Å²) in [4.78, 5) is 52.8. The molecule has 0 aliphatic carbocycles. The van der Waals surface area contributed by atoms with E-state index in [4.69, 9.17) is 32.9 Å². The summed E-state index contributed by atoms with van der Waals surface area (Å²) in [6, 6.07) is 54.9. The Balaban J connectivity index is 0.000000142. The van der Waals surface area contributed by atoms with Crippen LogP contribution in [-0.4, -0.2) is 185 Å². The third kappa shape index (κ3) is 25.5. The molecule has 29 heteroatoms. The molecule has 0 unspecified atom stereocenters. The normalized spacial score (nSPS) is 14.5. The number of alkyl halides is 3. The number of likely N-dealkylation sites (tertiary alicyclic amines) is 1. The average Bonchev–Trinajstić information content (AvgIpc) is 0.940. The number of likely N-dealkylation sites (N-methyl/N-ethyl adjacent to an activating group) is 3. The van der Waals surface area contributed by atoms with Crippen molar-refractivity contribution in [3.63, 3.8) is 0 Å². The minimum absolute atomic E-state index is 0.222. The molecule has 24 nitrogen and oxygen atoms in total. The second-order valence-electron chi connectivity index (χ2n) is 32.0. The van der Waals surface area contributed by atoms with Crippen molar-refractivity contribution in [1.29, 1.82) is 0 Å². The van der Waals surface area contributed by atoms with Gasteiger partial charge in [0.25, 0.3) is 0 Å². The predicted molar refractivity (Wildman–Crippen MR) is 504 cm³/mol. The van der Waals surface area contributed by atoms with E-state index in [9.17, 15) is 13.2 Å². The number of benzene rings is 8. The van der Waals surface area contributed by atoms with Crippen LogP contribution in [0.3, 0.4) is 0 Å². The summed E-state index contributed by atoms with van der Waals surface area (Å²) in [5, 5.41) is 26.6. The van der Waals surface area contributed by atoms with Gasteiger partial charge in [0.1, 0.15) is 35.6 Å². The van der Waals surface area contributed by atoms with Crippen molar-refractivity contribution < 1.29 is 17.9 Å². The molecule has 0 saturated carbocycles. The van der Waals surface area contributed by atoms with Crippen LogP contribution in [0.4, 0.5) is 123 Å². The van der Waals surface area contributed by atoms with Gasteiger partial charge < -0.3 is 76.7 Å². The third-order valence-electron chi connectivity index (χ3n) is 22.5. The van der Waals surface area contributed by atoms with Crippen LogP contribution in [0.25, 0.3) is 0 Å². The molecule has 4 aromatic heterocycles. The number of nitrogens with zero attached hydrogens (tertiary/aromatic N) is 15. The van der Waals surface area contributed by atoms with Crippen LogP contribution in [0.2, 0.25) is 10.0 Å². The lowest BCUT2D eigenvalue weighted by molar-refractivity contribution is -0.137. The highest BCUT2D eigenvalue weighted by Crippen LogP contribution is 2.38. The second kappa shape index (κ2) is 42.3. The zero-order valence-corrected chi connectivity index (χ0v) is 74.2. The van der Waals surface area contributed by atoms with Crippen molar-refractivity contribution in [3.05, 3.63) is 260 Å². The topological polar surface area (TPSA) is 231 Å². The molecule has 16 rings (SSSR count). The Morgan fingerprint density at radius 3 is 1.13 bits per heavy atom. The van der Waals surface area contributed by atoms with Crippen LogP contribution in [0.1, 0.15) is 68.5 Å². The maximum absolute atomic E-state index is 13.2. The number of piperazine rings is 3. The van der Waals surface area contributed by atoms with Gasteiger partial charge in [-0.1, -0.05) is 41.4 Å². The maximum atomic E-state index is 13.2. The minimum atomic E-state index is -4.55. The highest BCUT2D eigenvalue weighted by atomic mass is 35.5. The lowest BCUT2D eigenvalue weighted by Gasteiger charge is -2.34. The number of rotatable bonds is 23. The number of halogens is 5. The second-order valence-corrected chi connectivity index (χ2v) is 32.9. The Labute approximate surface area is 736 Å². The smallest absolute Gasteiger partial charge is 0.417 e. The lowest BCUT2D eigenvalue weighted by atomic mass is 10.1. The van der Waals surface area contributed by atoms with Gasteiger partial charge in [-0.05, 0) is 289 Å². The van der Waals surface area contributed by atoms with E-state index < -0.39 is 11.7 Å². The molecule has 4 fully saturated rings. The number of hydrogen-bond acceptors (Lipinski definition) is 24. The van der Waals surface area contributed by atoms with Gasteiger partial charge in [-0.3, -0.25) is 4.90 Å². The molecule has 0 bridgehead atoms. The van der Waals surface area contributed by atoms with Gasteiger partial charge in [-0.15, -0.1) is 0 Å². The zero-order chi connectivity index (χ0) is 87.4. The van der Waals surface area contributed by atoms with Crippen molar-refractivity contribution >= 4 is 133 Å². The highest BCUT2D eigenvalue weighted by molar-refractivity contribution is 6.31. The molecular formula is C95H112Cl2F3N23O. The Kier molecular flexibility index (Phi) is 30.6. The van der Waals surface area contributed by atoms with E-state index in [0.717, 1.165) is 195 Å². The van der Waals surface area contributed by atoms with Crippen LogP contribution in [-0.2, 0) is 6.18 Å². The average molecular weight is 1720 g/mol. The first-order valence-electron chi connectivity index (χ1n) is 42.1. The van der Waals surface area contributed by atoms with Crippen LogP contribution in [0, 0.1) is 62.3 Å². The van der Waals surface area contributed by atoms with Crippen LogP contribution >= 0.6 is 23.2 Å². The SMILES string of the molecule is Cc1cc(Cl)ccc1Nc1nc(Nc2ccc(N3CCN(C)CC3)cc2)ncc1C.Cc1ccc(Nc2nc(Nc3ccc(N4CCN(C)CC4)cc3)ncc2C)cc1C.Cc1cnc(Nc2ccc(N3CCN(C)CC3)cc2)nc1Nc1cccc(C)c1C.Cc1cnc(Nc2ccc(OCCN3CCCC3)cc2)nc1Nc1ccc(Cl)c(C(F)(F)F)c1. The summed E-state index contributed by atoms with van der Waals surface area (Å²) in [5.41, 5.74) is 19.6. The van der Waals surface area contributed by atoms with E-state index in [1.165, 1.54) is 64.3 Å². The molecule has 8 aromatic carbocycles. The number of nitrogens with one attached hydrogen (secondary N) is 8. The number of ether oxygens (including phenoxy) is 1. The number of hydrogen-bond donors (Lipinski definition) is 8. The van der Waals surface area contributed by atoms with Crippen LogP contribution in [0.5, 0.6) is 5.75 Å². The van der Waals surface area contributed by atoms with Gasteiger partial charge in [0.15, 0.2) is 0 Å². The summed E-state index contributed by atoms with van der Waals surface area (Å²) in [6.07, 6.45) is 5.07. The molecule has 0 spiro atoms. The number of aromatic nitrogens is 8. The van der Waals surface area contributed by atoms with Gasteiger partial charge >= 0.3 is 6.18 Å². The summed E-state index contributed by atoms with van der Waals surface area (Å²) < 4.78 is 45.3. The van der Waals surface area contributed by atoms with Crippen LogP contribution in [0.15, 0.2) is 195 Å². The monoisotopic (exact) mass is 1720 g/mol. The zero-order valence-electron chi connectivity index (χ0n) is 72.7. The molecule has 124 heavy (non-hydrogen) atoms. The van der Waals surface area contributed by atoms with Crippen molar-refractivity contribution in [1.82, 2.24) is 59.5 Å².